The van der Waals surface area contributed by atoms with Crippen molar-refractivity contribution in [1.29, 1.82) is 0 Å². The molecule has 0 aliphatic heterocycles. The first-order chi connectivity index (χ1) is 14.2. The zero-order valence-electron chi connectivity index (χ0n) is 15.3. The highest BCUT2D eigenvalue weighted by atomic mass is 35.5. The van der Waals surface area contributed by atoms with E-state index in [1.165, 1.54) is 25.2 Å². The third-order valence-electron chi connectivity index (χ3n) is 3.55. The van der Waals surface area contributed by atoms with E-state index in [1.54, 1.807) is 0 Å². The molecule has 160 valence electrons. The Kier molecular flexibility index (Phi) is 8.05. The van der Waals surface area contributed by atoms with Crippen LogP contribution in [0.4, 0.5) is 23.2 Å². The minimum absolute atomic E-state index is 0.00434. The van der Waals surface area contributed by atoms with Crippen LogP contribution in [-0.2, 0) is 9.53 Å². The Morgan fingerprint density at radius 1 is 1.03 bits per heavy atom. The van der Waals surface area contributed by atoms with Crippen molar-refractivity contribution in [2.45, 2.75) is 13.2 Å². The molecule has 0 atom stereocenters. The van der Waals surface area contributed by atoms with E-state index in [-0.39, 0.29) is 27.6 Å². The van der Waals surface area contributed by atoms with Crippen molar-refractivity contribution in [3.63, 3.8) is 0 Å². The van der Waals surface area contributed by atoms with Gasteiger partial charge in [0.25, 0.3) is 11.8 Å². The summed E-state index contributed by atoms with van der Waals surface area (Å²) in [5.74, 6) is -2.14. The quantitative estimate of drug-likeness (QED) is 0.355. The van der Waals surface area contributed by atoms with Crippen molar-refractivity contribution >= 4 is 34.9 Å². The van der Waals surface area contributed by atoms with Crippen LogP contribution in [0, 0.1) is 0 Å². The minimum atomic E-state index is -3.26. The van der Waals surface area contributed by atoms with E-state index in [4.69, 9.17) is 11.6 Å². The molecule has 30 heavy (non-hydrogen) atoms. The average Bonchev–Trinajstić information content (AvgIpc) is 2.66. The Morgan fingerprint density at radius 2 is 1.70 bits per heavy atom. The van der Waals surface area contributed by atoms with Gasteiger partial charge in [0.05, 0.1) is 11.3 Å². The maximum absolute atomic E-state index is 12.8. The number of hydrogen-bond acceptors (Lipinski definition) is 4. The Morgan fingerprint density at radius 3 is 2.27 bits per heavy atom. The topological polar surface area (TPSA) is 76.7 Å². The second-order valence-electron chi connectivity index (χ2n) is 5.55. The molecule has 0 aromatic heterocycles. The Hall–Kier alpha value is -3.27. The predicted molar refractivity (Wildman–Crippen MR) is 102 cm³/mol. The maximum atomic E-state index is 12.8. The molecule has 0 saturated heterocycles. The predicted octanol–water partition coefficient (Wildman–Crippen LogP) is 4.52. The number of halogens is 5. The van der Waals surface area contributed by atoms with Gasteiger partial charge in [-0.25, -0.2) is 0 Å². The van der Waals surface area contributed by atoms with Gasteiger partial charge in [-0.1, -0.05) is 11.6 Å². The lowest BCUT2D eigenvalue weighted by Crippen LogP contribution is -2.21. The molecule has 0 aliphatic carbocycles. The fourth-order valence-electron chi connectivity index (χ4n) is 2.32. The highest BCUT2D eigenvalue weighted by molar-refractivity contribution is 6.31. The summed E-state index contributed by atoms with van der Waals surface area (Å²) in [5, 5.41) is 4.98. The minimum Gasteiger partial charge on any atom is -0.435 e. The number of rotatable bonds is 8. The second-order valence-corrected chi connectivity index (χ2v) is 5.98. The summed E-state index contributed by atoms with van der Waals surface area (Å²) in [6.07, 6.45) is 0.726. The number of amides is 2. The Labute approximate surface area is 173 Å². The molecule has 0 bridgehead atoms. The second kappa shape index (κ2) is 10.5. The van der Waals surface area contributed by atoms with E-state index < -0.39 is 30.8 Å². The Bertz CT molecular complexity index is 937. The van der Waals surface area contributed by atoms with Gasteiger partial charge in [0.1, 0.15) is 11.5 Å². The van der Waals surface area contributed by atoms with Gasteiger partial charge in [-0.05, 0) is 42.5 Å². The largest absolute Gasteiger partial charge is 0.435 e. The highest BCUT2D eigenvalue weighted by Gasteiger charge is 2.16. The number of ether oxygens (including phenoxy) is 2. The molecule has 2 aromatic rings. The number of anilines is 1. The molecule has 2 rings (SSSR count). The van der Waals surface area contributed by atoms with Gasteiger partial charge in [-0.3, -0.25) is 9.59 Å². The molecule has 0 fully saturated rings. The third-order valence-corrected chi connectivity index (χ3v) is 3.79. The number of carbonyl (C=O) groups excluding carboxylic acids is 2. The lowest BCUT2D eigenvalue weighted by molar-refractivity contribution is -0.112. The third kappa shape index (κ3) is 6.66. The fraction of sp³-hybridized carbons (Fsp3) is 0.158. The standard InChI is InChI=1S/C19H15ClF4N2O4/c1-25-17(28)13-7-4-11(20)8-14(13)26-16(27)9-15(30-19(23)24)10-2-5-12(6-3-10)29-18(21)22/h2-9,18-19H,1H3,(H,25,28)(H,26,27)/b15-9+. The molecule has 2 amide bonds. The molecule has 0 aliphatic rings. The first kappa shape index (κ1) is 23.0. The number of nitrogens with one attached hydrogen (secondary N) is 2. The van der Waals surface area contributed by atoms with Crippen LogP contribution in [0.3, 0.4) is 0 Å². The van der Waals surface area contributed by atoms with Crippen molar-refractivity contribution in [2.24, 2.45) is 0 Å². The fourth-order valence-corrected chi connectivity index (χ4v) is 2.49. The van der Waals surface area contributed by atoms with Gasteiger partial charge < -0.3 is 20.1 Å². The van der Waals surface area contributed by atoms with E-state index in [0.717, 1.165) is 30.3 Å². The van der Waals surface area contributed by atoms with Crippen LogP contribution in [0.2, 0.25) is 5.02 Å². The van der Waals surface area contributed by atoms with Crippen molar-refractivity contribution in [1.82, 2.24) is 5.32 Å². The summed E-state index contributed by atoms with van der Waals surface area (Å²) >= 11 is 5.88. The number of carbonyl (C=O) groups is 2. The molecule has 0 heterocycles. The summed E-state index contributed by atoms with van der Waals surface area (Å²) in [7, 11) is 1.39. The van der Waals surface area contributed by atoms with E-state index in [2.05, 4.69) is 20.1 Å². The van der Waals surface area contributed by atoms with Gasteiger partial charge >= 0.3 is 13.2 Å². The van der Waals surface area contributed by atoms with Crippen LogP contribution < -0.4 is 15.4 Å². The van der Waals surface area contributed by atoms with Gasteiger partial charge in [0, 0.05) is 23.7 Å². The number of benzene rings is 2. The van der Waals surface area contributed by atoms with E-state index >= 15 is 0 Å². The number of alkyl halides is 4. The molecule has 0 radical (unpaired) electrons. The zero-order chi connectivity index (χ0) is 22.3. The summed E-state index contributed by atoms with van der Waals surface area (Å²) in [5.41, 5.74) is 0.137. The first-order valence-corrected chi connectivity index (χ1v) is 8.61. The number of hydrogen-bond donors (Lipinski definition) is 2. The van der Waals surface area contributed by atoms with Crippen LogP contribution in [0.25, 0.3) is 5.76 Å². The van der Waals surface area contributed by atoms with Gasteiger partial charge in [-0.15, -0.1) is 0 Å². The van der Waals surface area contributed by atoms with Crippen molar-refractivity contribution in [3.8, 4) is 5.75 Å². The van der Waals surface area contributed by atoms with Crippen LogP contribution >= 0.6 is 11.6 Å². The zero-order valence-corrected chi connectivity index (χ0v) is 16.1. The van der Waals surface area contributed by atoms with Crippen LogP contribution in [0.15, 0.2) is 48.5 Å². The average molecular weight is 447 g/mol. The molecule has 0 unspecified atom stereocenters. The summed E-state index contributed by atoms with van der Waals surface area (Å²) in [6, 6.07) is 8.64. The summed E-state index contributed by atoms with van der Waals surface area (Å²) in [4.78, 5) is 24.3. The van der Waals surface area contributed by atoms with Gasteiger partial charge in [0.2, 0.25) is 0 Å². The van der Waals surface area contributed by atoms with E-state index in [1.807, 2.05) is 0 Å². The molecule has 2 aromatic carbocycles. The molecule has 11 heteroatoms. The van der Waals surface area contributed by atoms with E-state index in [9.17, 15) is 27.2 Å². The molecule has 6 nitrogen and oxygen atoms in total. The van der Waals surface area contributed by atoms with Crippen LogP contribution in [-0.4, -0.2) is 32.1 Å². The first-order valence-electron chi connectivity index (χ1n) is 8.24. The van der Waals surface area contributed by atoms with Crippen molar-refractivity contribution in [3.05, 3.63) is 64.7 Å². The van der Waals surface area contributed by atoms with Crippen LogP contribution in [0.1, 0.15) is 15.9 Å². The summed E-state index contributed by atoms with van der Waals surface area (Å²) < 4.78 is 58.5. The maximum Gasteiger partial charge on any atom is 0.387 e. The monoisotopic (exact) mass is 446 g/mol. The molecular weight excluding hydrogens is 432 g/mol. The normalized spacial score (nSPS) is 11.4. The lowest BCUT2D eigenvalue weighted by Gasteiger charge is -2.12. The van der Waals surface area contributed by atoms with E-state index in [0.29, 0.717) is 0 Å². The molecule has 0 spiro atoms. The van der Waals surface area contributed by atoms with Gasteiger partial charge in [0.15, 0.2) is 0 Å². The van der Waals surface area contributed by atoms with Crippen molar-refractivity contribution < 1.29 is 36.6 Å². The lowest BCUT2D eigenvalue weighted by atomic mass is 10.1. The van der Waals surface area contributed by atoms with Crippen LogP contribution in [0.5, 0.6) is 5.75 Å². The molecular formula is C19H15ClF4N2O4. The molecule has 0 saturated carbocycles. The smallest absolute Gasteiger partial charge is 0.387 e. The summed E-state index contributed by atoms with van der Waals surface area (Å²) in [6.45, 7) is -6.31. The SMILES string of the molecule is CNC(=O)c1ccc(Cl)cc1NC(=O)/C=C(/OC(F)F)c1ccc(OC(F)F)cc1. The Balaban J connectivity index is 2.30. The molecule has 2 N–H and O–H groups in total. The highest BCUT2D eigenvalue weighted by Crippen LogP contribution is 2.24. The van der Waals surface area contributed by atoms with Gasteiger partial charge in [-0.2, -0.15) is 17.6 Å². The van der Waals surface area contributed by atoms with Crippen molar-refractivity contribution in [2.75, 3.05) is 12.4 Å².